The molecule has 1 aliphatic rings. The summed E-state index contributed by atoms with van der Waals surface area (Å²) in [7, 11) is 0. The van der Waals surface area contributed by atoms with E-state index < -0.39 is 0 Å². The van der Waals surface area contributed by atoms with Crippen LogP contribution in [0.3, 0.4) is 0 Å². The van der Waals surface area contributed by atoms with E-state index in [0.29, 0.717) is 11.6 Å². The quantitative estimate of drug-likeness (QED) is 0.853. The van der Waals surface area contributed by atoms with Gasteiger partial charge in [0, 0.05) is 23.1 Å². The van der Waals surface area contributed by atoms with E-state index in [1.54, 1.807) is 12.1 Å². The molecule has 1 fully saturated rings. The summed E-state index contributed by atoms with van der Waals surface area (Å²) in [4.78, 5) is 13.4. The van der Waals surface area contributed by atoms with Gasteiger partial charge in [-0.3, -0.25) is 0 Å². The Morgan fingerprint density at radius 3 is 2.82 bits per heavy atom. The molecular formula is C18H24NO3+. The molecule has 1 aromatic heterocycles. The second-order valence-corrected chi connectivity index (χ2v) is 6.40. The van der Waals surface area contributed by atoms with Gasteiger partial charge in [0.05, 0.1) is 12.6 Å². The van der Waals surface area contributed by atoms with Crippen LogP contribution in [0, 0.1) is 0 Å². The zero-order valence-electron chi connectivity index (χ0n) is 13.3. The van der Waals surface area contributed by atoms with Gasteiger partial charge in [-0.25, -0.2) is 4.79 Å². The summed E-state index contributed by atoms with van der Waals surface area (Å²) in [6, 6.07) is 5.79. The van der Waals surface area contributed by atoms with Crippen LogP contribution in [-0.4, -0.2) is 17.7 Å². The lowest BCUT2D eigenvalue weighted by Gasteiger charge is -2.30. The number of hydrogen-bond donors (Lipinski definition) is 2. The molecule has 1 aliphatic heterocycles. The number of benzene rings is 1. The van der Waals surface area contributed by atoms with Crippen LogP contribution < -0.4 is 10.5 Å². The van der Waals surface area contributed by atoms with Gasteiger partial charge in [-0.15, -0.1) is 0 Å². The van der Waals surface area contributed by atoms with Gasteiger partial charge in [-0.1, -0.05) is 6.92 Å². The second kappa shape index (κ2) is 6.13. The SMILES string of the molecule is CCc1cc2c(C[NH+]3CCCC[C@H]3C)cc(=O)oc2cc1O. The van der Waals surface area contributed by atoms with Crippen molar-refractivity contribution >= 4 is 11.0 Å². The highest BCUT2D eigenvalue weighted by Crippen LogP contribution is 2.26. The zero-order chi connectivity index (χ0) is 15.7. The maximum Gasteiger partial charge on any atom is 0.336 e. The van der Waals surface area contributed by atoms with Crippen molar-refractivity contribution in [3.8, 4) is 5.75 Å². The predicted molar refractivity (Wildman–Crippen MR) is 86.4 cm³/mol. The van der Waals surface area contributed by atoms with E-state index in [0.717, 1.165) is 36.0 Å². The molecule has 0 aliphatic carbocycles. The van der Waals surface area contributed by atoms with Crippen LogP contribution in [0.25, 0.3) is 11.0 Å². The van der Waals surface area contributed by atoms with Crippen molar-refractivity contribution in [3.05, 3.63) is 39.7 Å². The summed E-state index contributed by atoms with van der Waals surface area (Å²) < 4.78 is 5.27. The van der Waals surface area contributed by atoms with Crippen LogP contribution in [0.5, 0.6) is 5.75 Å². The molecule has 118 valence electrons. The third-order valence-electron chi connectivity index (χ3n) is 4.91. The van der Waals surface area contributed by atoms with Crippen molar-refractivity contribution in [2.45, 2.75) is 52.1 Å². The second-order valence-electron chi connectivity index (χ2n) is 6.40. The number of likely N-dealkylation sites (tertiary alicyclic amines) is 1. The summed E-state index contributed by atoms with van der Waals surface area (Å²) >= 11 is 0. The first-order chi connectivity index (χ1) is 10.6. The number of fused-ring (bicyclic) bond motifs is 1. The fourth-order valence-corrected chi connectivity index (χ4v) is 3.50. The molecule has 3 rings (SSSR count). The summed E-state index contributed by atoms with van der Waals surface area (Å²) in [5.74, 6) is 0.203. The van der Waals surface area contributed by atoms with Crippen LogP contribution in [-0.2, 0) is 13.0 Å². The molecule has 0 amide bonds. The van der Waals surface area contributed by atoms with E-state index in [1.165, 1.54) is 24.2 Å². The lowest BCUT2D eigenvalue weighted by molar-refractivity contribution is -0.941. The normalized spacial score (nSPS) is 22.1. The van der Waals surface area contributed by atoms with E-state index in [1.807, 2.05) is 13.0 Å². The Kier molecular flexibility index (Phi) is 4.21. The molecule has 2 heterocycles. The number of hydrogen-bond acceptors (Lipinski definition) is 3. The number of phenols is 1. The highest BCUT2D eigenvalue weighted by Gasteiger charge is 2.23. The van der Waals surface area contributed by atoms with Gasteiger partial charge in [-0.05, 0) is 44.2 Å². The van der Waals surface area contributed by atoms with E-state index in [-0.39, 0.29) is 11.4 Å². The molecule has 22 heavy (non-hydrogen) atoms. The van der Waals surface area contributed by atoms with E-state index >= 15 is 0 Å². The average Bonchev–Trinajstić information content (AvgIpc) is 2.48. The van der Waals surface area contributed by atoms with Crippen molar-refractivity contribution < 1.29 is 14.4 Å². The predicted octanol–water partition coefficient (Wildman–Crippen LogP) is 2.02. The van der Waals surface area contributed by atoms with Gasteiger partial charge in [-0.2, -0.15) is 0 Å². The number of aromatic hydroxyl groups is 1. The van der Waals surface area contributed by atoms with Crippen LogP contribution in [0.2, 0.25) is 0 Å². The molecule has 0 saturated carbocycles. The number of phenolic OH excluding ortho intramolecular Hbond substituents is 1. The largest absolute Gasteiger partial charge is 0.508 e. The Hall–Kier alpha value is -1.81. The van der Waals surface area contributed by atoms with Crippen LogP contribution in [0.1, 0.15) is 44.2 Å². The molecule has 0 radical (unpaired) electrons. The minimum atomic E-state index is -0.338. The smallest absolute Gasteiger partial charge is 0.336 e. The van der Waals surface area contributed by atoms with E-state index in [4.69, 9.17) is 4.42 Å². The highest BCUT2D eigenvalue weighted by atomic mass is 16.4. The van der Waals surface area contributed by atoms with Crippen molar-refractivity contribution in [1.82, 2.24) is 0 Å². The van der Waals surface area contributed by atoms with Crippen molar-refractivity contribution in [2.75, 3.05) is 6.54 Å². The molecular weight excluding hydrogens is 278 g/mol. The Labute approximate surface area is 130 Å². The lowest BCUT2D eigenvalue weighted by Crippen LogP contribution is -3.14. The molecule has 4 heteroatoms. The van der Waals surface area contributed by atoms with Gasteiger partial charge < -0.3 is 14.4 Å². The number of aryl methyl sites for hydroxylation is 1. The van der Waals surface area contributed by atoms with Gasteiger partial charge in [0.25, 0.3) is 0 Å². The average molecular weight is 302 g/mol. The number of piperidine rings is 1. The third-order valence-corrected chi connectivity index (χ3v) is 4.91. The first-order valence-corrected chi connectivity index (χ1v) is 8.21. The Morgan fingerprint density at radius 1 is 1.27 bits per heavy atom. The van der Waals surface area contributed by atoms with Crippen LogP contribution in [0.15, 0.2) is 27.4 Å². The molecule has 2 aromatic rings. The van der Waals surface area contributed by atoms with Crippen molar-refractivity contribution in [2.24, 2.45) is 0 Å². The third kappa shape index (κ3) is 2.88. The fraction of sp³-hybridized carbons (Fsp3) is 0.500. The molecule has 0 bridgehead atoms. The summed E-state index contributed by atoms with van der Waals surface area (Å²) in [6.45, 7) is 6.29. The molecule has 2 N–H and O–H groups in total. The Morgan fingerprint density at radius 2 is 2.09 bits per heavy atom. The van der Waals surface area contributed by atoms with Gasteiger partial charge in [0.2, 0.25) is 0 Å². The van der Waals surface area contributed by atoms with Crippen molar-refractivity contribution in [1.29, 1.82) is 0 Å². The maximum atomic E-state index is 11.8. The van der Waals surface area contributed by atoms with Crippen LogP contribution >= 0.6 is 0 Å². The van der Waals surface area contributed by atoms with Gasteiger partial charge in [0.1, 0.15) is 17.9 Å². The zero-order valence-corrected chi connectivity index (χ0v) is 13.3. The molecule has 1 aromatic carbocycles. The summed E-state index contributed by atoms with van der Waals surface area (Å²) in [5.41, 5.74) is 2.07. The molecule has 2 atom stereocenters. The standard InChI is InChI=1S/C18H23NO3/c1-3-13-8-15-14(11-19-7-5-4-6-12(19)2)9-18(21)22-17(15)10-16(13)20/h8-10,12,20H,3-7,11H2,1-2H3/p+1/t12-/m1/s1. The Balaban J connectivity index is 2.05. The molecule has 1 unspecified atom stereocenters. The molecule has 4 nitrogen and oxygen atoms in total. The number of rotatable bonds is 3. The summed E-state index contributed by atoms with van der Waals surface area (Å²) in [6.07, 6.45) is 4.55. The van der Waals surface area contributed by atoms with E-state index in [2.05, 4.69) is 6.92 Å². The molecule has 1 saturated heterocycles. The molecule has 0 spiro atoms. The fourth-order valence-electron chi connectivity index (χ4n) is 3.50. The summed E-state index contributed by atoms with van der Waals surface area (Å²) in [5, 5.41) is 10.9. The lowest BCUT2D eigenvalue weighted by atomic mass is 10.0. The first-order valence-electron chi connectivity index (χ1n) is 8.21. The maximum absolute atomic E-state index is 11.8. The topological polar surface area (TPSA) is 54.9 Å². The monoisotopic (exact) mass is 302 g/mol. The van der Waals surface area contributed by atoms with E-state index in [9.17, 15) is 9.90 Å². The van der Waals surface area contributed by atoms with Crippen molar-refractivity contribution in [3.63, 3.8) is 0 Å². The van der Waals surface area contributed by atoms with Crippen LogP contribution in [0.4, 0.5) is 0 Å². The first kappa shape index (κ1) is 15.1. The minimum absolute atomic E-state index is 0.203. The number of quaternary nitrogens is 1. The minimum Gasteiger partial charge on any atom is -0.508 e. The number of nitrogens with one attached hydrogen (secondary N) is 1. The highest BCUT2D eigenvalue weighted by molar-refractivity contribution is 5.82. The Bertz CT molecular complexity index is 735. The van der Waals surface area contributed by atoms with Gasteiger partial charge in [0.15, 0.2) is 0 Å². The van der Waals surface area contributed by atoms with Gasteiger partial charge >= 0.3 is 5.63 Å².